The number of para-hydroxylation sites is 1. The second-order valence-corrected chi connectivity index (χ2v) is 7.98. The van der Waals surface area contributed by atoms with Gasteiger partial charge < -0.3 is 10.1 Å². The van der Waals surface area contributed by atoms with Crippen LogP contribution in [0.3, 0.4) is 0 Å². The zero-order valence-corrected chi connectivity index (χ0v) is 17.6. The van der Waals surface area contributed by atoms with Gasteiger partial charge in [0, 0.05) is 26.2 Å². The fourth-order valence-corrected chi connectivity index (χ4v) is 3.78. The molecule has 0 radical (unpaired) electrons. The number of benzene rings is 1. The zero-order chi connectivity index (χ0) is 21.0. The normalized spacial score (nSPS) is 17.5. The maximum absolute atomic E-state index is 12.8. The van der Waals surface area contributed by atoms with Crippen molar-refractivity contribution in [3.63, 3.8) is 0 Å². The minimum absolute atomic E-state index is 0.103. The Morgan fingerprint density at radius 3 is 2.66 bits per heavy atom. The first-order valence-electron chi connectivity index (χ1n) is 10.1. The quantitative estimate of drug-likeness (QED) is 0.571. The number of ketones is 1. The molecule has 1 N–H and O–H groups in total. The second-order valence-electron chi connectivity index (χ2n) is 7.98. The van der Waals surface area contributed by atoms with Gasteiger partial charge in [-0.05, 0) is 31.9 Å². The van der Waals surface area contributed by atoms with Crippen molar-refractivity contribution in [1.29, 1.82) is 0 Å². The number of carbonyl (C=O) groups excluding carboxylic acids is 2. The van der Waals surface area contributed by atoms with E-state index in [1.165, 1.54) is 0 Å². The molecule has 2 heterocycles. The van der Waals surface area contributed by atoms with Crippen LogP contribution in [-0.2, 0) is 9.53 Å². The van der Waals surface area contributed by atoms with Crippen molar-refractivity contribution in [3.8, 4) is 5.69 Å². The van der Waals surface area contributed by atoms with Crippen LogP contribution in [-0.4, -0.2) is 65.3 Å². The van der Waals surface area contributed by atoms with E-state index in [4.69, 9.17) is 4.74 Å². The van der Waals surface area contributed by atoms with E-state index in [9.17, 15) is 9.59 Å². The molecule has 29 heavy (non-hydrogen) atoms. The number of aryl methyl sites for hydroxylation is 1. The van der Waals surface area contributed by atoms with Gasteiger partial charge in [-0.25, -0.2) is 4.68 Å². The highest BCUT2D eigenvalue weighted by Gasteiger charge is 2.27. The van der Waals surface area contributed by atoms with Crippen molar-refractivity contribution < 1.29 is 14.3 Å². The average molecular weight is 399 g/mol. The summed E-state index contributed by atoms with van der Waals surface area (Å²) in [7, 11) is 0. The monoisotopic (exact) mass is 398 g/mol. The van der Waals surface area contributed by atoms with Crippen molar-refractivity contribution >= 4 is 11.7 Å². The lowest BCUT2D eigenvalue weighted by Crippen LogP contribution is -2.49. The molecule has 0 saturated carbocycles. The van der Waals surface area contributed by atoms with Crippen molar-refractivity contribution in [1.82, 2.24) is 20.0 Å². The predicted octanol–water partition coefficient (Wildman–Crippen LogP) is 2.14. The van der Waals surface area contributed by atoms with Crippen LogP contribution in [0.2, 0.25) is 0 Å². The third kappa shape index (κ3) is 5.10. The summed E-state index contributed by atoms with van der Waals surface area (Å²) in [6.07, 6.45) is -0.103. The van der Waals surface area contributed by atoms with E-state index in [2.05, 4.69) is 29.2 Å². The molecular weight excluding hydrogens is 368 g/mol. The van der Waals surface area contributed by atoms with Gasteiger partial charge in [-0.2, -0.15) is 5.10 Å². The molecule has 1 unspecified atom stereocenters. The summed E-state index contributed by atoms with van der Waals surface area (Å²) in [6.45, 7) is 11.6. The van der Waals surface area contributed by atoms with Crippen LogP contribution < -0.4 is 5.32 Å². The van der Waals surface area contributed by atoms with Crippen LogP contribution in [0.25, 0.3) is 5.69 Å². The SMILES string of the molecule is Cc1nn(-c2ccccc2)c(C)c1C(=O)C(=O)NCC1CN(CC(C)C)CCO1. The smallest absolute Gasteiger partial charge is 0.292 e. The van der Waals surface area contributed by atoms with Crippen LogP contribution in [0.1, 0.15) is 35.6 Å². The maximum Gasteiger partial charge on any atom is 0.292 e. The van der Waals surface area contributed by atoms with E-state index in [0.717, 1.165) is 25.3 Å². The standard InChI is InChI=1S/C22H30N4O3/c1-15(2)13-25-10-11-29-19(14-25)12-23-22(28)21(27)20-16(3)24-26(17(20)4)18-8-6-5-7-9-18/h5-9,15,19H,10-14H2,1-4H3,(H,23,28). The van der Waals surface area contributed by atoms with Crippen LogP contribution >= 0.6 is 0 Å². The molecule has 7 heteroatoms. The van der Waals surface area contributed by atoms with Crippen LogP contribution in [0.15, 0.2) is 30.3 Å². The molecule has 1 saturated heterocycles. The van der Waals surface area contributed by atoms with Gasteiger partial charge in [-0.15, -0.1) is 0 Å². The molecule has 0 aliphatic carbocycles. The molecule has 1 aromatic heterocycles. The van der Waals surface area contributed by atoms with E-state index < -0.39 is 11.7 Å². The Kier molecular flexibility index (Phi) is 6.82. The molecule has 1 fully saturated rings. The largest absolute Gasteiger partial charge is 0.374 e. The Bertz CT molecular complexity index is 860. The molecule has 7 nitrogen and oxygen atoms in total. The Labute approximate surface area is 172 Å². The highest BCUT2D eigenvalue weighted by molar-refractivity contribution is 6.43. The first-order chi connectivity index (χ1) is 13.9. The Morgan fingerprint density at radius 2 is 1.97 bits per heavy atom. The van der Waals surface area contributed by atoms with Gasteiger partial charge in [0.1, 0.15) is 0 Å². The summed E-state index contributed by atoms with van der Waals surface area (Å²) in [5.41, 5.74) is 2.42. The van der Waals surface area contributed by atoms with Crippen LogP contribution in [0.5, 0.6) is 0 Å². The number of aromatic nitrogens is 2. The predicted molar refractivity (Wildman–Crippen MR) is 111 cm³/mol. The molecule has 1 atom stereocenters. The summed E-state index contributed by atoms with van der Waals surface area (Å²) >= 11 is 0. The molecule has 1 aromatic carbocycles. The van der Waals surface area contributed by atoms with Gasteiger partial charge in [-0.1, -0.05) is 32.0 Å². The van der Waals surface area contributed by atoms with E-state index in [-0.39, 0.29) is 6.10 Å². The zero-order valence-electron chi connectivity index (χ0n) is 17.6. The number of morpholine rings is 1. The molecule has 156 valence electrons. The number of hydrogen-bond donors (Lipinski definition) is 1. The van der Waals surface area contributed by atoms with Crippen molar-refractivity contribution in [2.24, 2.45) is 5.92 Å². The first-order valence-corrected chi connectivity index (χ1v) is 10.1. The summed E-state index contributed by atoms with van der Waals surface area (Å²) in [4.78, 5) is 27.7. The van der Waals surface area contributed by atoms with E-state index in [1.807, 2.05) is 37.3 Å². The van der Waals surface area contributed by atoms with E-state index in [0.29, 0.717) is 36.0 Å². The number of nitrogens with zero attached hydrogens (tertiary/aromatic N) is 3. The van der Waals surface area contributed by atoms with Crippen LogP contribution in [0, 0.1) is 19.8 Å². The molecule has 1 amide bonds. The Morgan fingerprint density at radius 1 is 1.24 bits per heavy atom. The minimum Gasteiger partial charge on any atom is -0.374 e. The summed E-state index contributed by atoms with van der Waals surface area (Å²) < 4.78 is 7.45. The number of carbonyl (C=O) groups is 2. The van der Waals surface area contributed by atoms with Crippen LogP contribution in [0.4, 0.5) is 0 Å². The third-order valence-corrected chi connectivity index (χ3v) is 5.06. The fourth-order valence-electron chi connectivity index (χ4n) is 3.78. The number of rotatable bonds is 7. The lowest BCUT2D eigenvalue weighted by atomic mass is 10.1. The second kappa shape index (κ2) is 9.33. The van der Waals surface area contributed by atoms with Gasteiger partial charge in [0.15, 0.2) is 0 Å². The van der Waals surface area contributed by atoms with Gasteiger partial charge in [0.25, 0.3) is 11.7 Å². The lowest BCUT2D eigenvalue weighted by molar-refractivity contribution is -0.118. The number of amides is 1. The third-order valence-electron chi connectivity index (χ3n) is 5.06. The molecule has 1 aliphatic rings. The Balaban J connectivity index is 1.64. The van der Waals surface area contributed by atoms with E-state index in [1.54, 1.807) is 11.6 Å². The molecule has 2 aromatic rings. The molecule has 0 spiro atoms. The van der Waals surface area contributed by atoms with Crippen molar-refractivity contribution in [3.05, 3.63) is 47.3 Å². The van der Waals surface area contributed by atoms with Gasteiger partial charge >= 0.3 is 0 Å². The number of Topliss-reactive ketones (excluding diaryl/α,β-unsaturated/α-hetero) is 1. The number of ether oxygens (including phenoxy) is 1. The van der Waals surface area contributed by atoms with Gasteiger partial charge in [-0.3, -0.25) is 14.5 Å². The summed E-state index contributed by atoms with van der Waals surface area (Å²) in [5.74, 6) is -0.595. The summed E-state index contributed by atoms with van der Waals surface area (Å²) in [6, 6.07) is 9.57. The summed E-state index contributed by atoms with van der Waals surface area (Å²) in [5, 5.41) is 7.21. The highest BCUT2D eigenvalue weighted by atomic mass is 16.5. The lowest BCUT2D eigenvalue weighted by Gasteiger charge is -2.33. The van der Waals surface area contributed by atoms with Crippen molar-refractivity contribution in [2.75, 3.05) is 32.8 Å². The molecule has 0 bridgehead atoms. The number of hydrogen-bond acceptors (Lipinski definition) is 5. The molecule has 3 rings (SSSR count). The number of nitrogens with one attached hydrogen (secondary N) is 1. The maximum atomic E-state index is 12.8. The fraction of sp³-hybridized carbons (Fsp3) is 0.500. The van der Waals surface area contributed by atoms with Gasteiger partial charge in [0.05, 0.1) is 35.3 Å². The highest BCUT2D eigenvalue weighted by Crippen LogP contribution is 2.18. The minimum atomic E-state index is -0.617. The average Bonchev–Trinajstić information content (AvgIpc) is 3.00. The molecular formula is C22H30N4O3. The topological polar surface area (TPSA) is 76.5 Å². The van der Waals surface area contributed by atoms with Gasteiger partial charge in [0.2, 0.25) is 0 Å². The molecule has 1 aliphatic heterocycles. The Hall–Kier alpha value is -2.51. The van der Waals surface area contributed by atoms with Crippen molar-refractivity contribution in [2.45, 2.75) is 33.8 Å². The van der Waals surface area contributed by atoms with E-state index >= 15 is 0 Å². The first kappa shape index (κ1) is 21.2.